The molecule has 5 heteroatoms. The molecular weight excluding hydrogens is 771 g/mol. The zero-order chi connectivity index (χ0) is 44.9. The number of benzene rings is 7. The molecule has 1 atom stereocenters. The molecule has 7 aromatic carbocycles. The van der Waals surface area contributed by atoms with Crippen molar-refractivity contribution < 1.29 is 10.2 Å². The Morgan fingerprint density at radius 2 is 1.19 bits per heavy atom. The summed E-state index contributed by atoms with van der Waals surface area (Å²) in [6.07, 6.45) is 5.55. The van der Waals surface area contributed by atoms with Gasteiger partial charge in [-0.25, -0.2) is 0 Å². The highest BCUT2D eigenvalue weighted by molar-refractivity contribution is 6.04. The van der Waals surface area contributed by atoms with Gasteiger partial charge in [0, 0.05) is 46.5 Å². The van der Waals surface area contributed by atoms with E-state index in [1.54, 1.807) is 0 Å². The molecule has 2 N–H and O–H groups in total. The van der Waals surface area contributed by atoms with Gasteiger partial charge in [0.25, 0.3) is 0 Å². The third-order valence-electron chi connectivity index (χ3n) is 13.7. The van der Waals surface area contributed by atoms with E-state index in [9.17, 15) is 10.2 Å². The lowest BCUT2D eigenvalue weighted by atomic mass is 9.78. The van der Waals surface area contributed by atoms with E-state index in [1.165, 1.54) is 33.3 Å². The lowest BCUT2D eigenvalue weighted by molar-refractivity contribution is 0.446. The zero-order valence-electron chi connectivity index (χ0n) is 38.8. The summed E-state index contributed by atoms with van der Waals surface area (Å²) in [5.41, 5.74) is 17.1. The van der Waals surface area contributed by atoms with Crippen LogP contribution in [0.5, 0.6) is 11.5 Å². The normalized spacial score (nSPS) is 14.0. The minimum absolute atomic E-state index is 0.0792. The second kappa shape index (κ2) is 16.9. The number of phenols is 2. The van der Waals surface area contributed by atoms with Crippen molar-refractivity contribution in [3.8, 4) is 11.5 Å². The first-order chi connectivity index (χ1) is 30.1. The number of aromatic hydroxyl groups is 2. The van der Waals surface area contributed by atoms with Crippen LogP contribution in [0.1, 0.15) is 78.6 Å². The van der Waals surface area contributed by atoms with E-state index in [0.29, 0.717) is 11.6 Å². The molecule has 7 aromatic rings. The maximum absolute atomic E-state index is 11.6. The maximum Gasteiger partial charge on any atom is 0.146 e. The molecule has 1 aliphatic carbocycles. The highest BCUT2D eigenvalue weighted by Gasteiger charge is 2.31. The molecule has 1 aliphatic rings. The lowest BCUT2D eigenvalue weighted by Crippen LogP contribution is -2.26. The quantitative estimate of drug-likeness (QED) is 0.144. The fourth-order valence-corrected chi connectivity index (χ4v) is 9.51. The summed E-state index contributed by atoms with van der Waals surface area (Å²) in [6, 6.07) is 46.2. The molecule has 0 fully saturated rings. The van der Waals surface area contributed by atoms with Crippen molar-refractivity contribution in [2.24, 2.45) is 5.92 Å². The molecule has 0 aliphatic heterocycles. The van der Waals surface area contributed by atoms with E-state index in [1.807, 2.05) is 32.7 Å². The first-order valence-electron chi connectivity index (χ1n) is 22.2. The predicted molar refractivity (Wildman–Crippen MR) is 268 cm³/mol. The van der Waals surface area contributed by atoms with Gasteiger partial charge >= 0.3 is 0 Å². The minimum Gasteiger partial charge on any atom is -0.505 e. The van der Waals surface area contributed by atoms with Gasteiger partial charge in [-0.3, -0.25) is 0 Å². The summed E-state index contributed by atoms with van der Waals surface area (Å²) in [5, 5.41) is 25.4. The highest BCUT2D eigenvalue weighted by atomic mass is 16.3. The van der Waals surface area contributed by atoms with Gasteiger partial charge in [-0.05, 0) is 147 Å². The molecule has 320 valence electrons. The summed E-state index contributed by atoms with van der Waals surface area (Å²) < 4.78 is 0. The molecule has 0 heterocycles. The van der Waals surface area contributed by atoms with Gasteiger partial charge in [-0.1, -0.05) is 123 Å². The van der Waals surface area contributed by atoms with Crippen molar-refractivity contribution >= 4 is 50.6 Å². The number of fused-ring (bicyclic) bond motifs is 1. The van der Waals surface area contributed by atoms with E-state index in [-0.39, 0.29) is 16.9 Å². The number of anilines is 7. The molecule has 0 amide bonds. The van der Waals surface area contributed by atoms with Crippen molar-refractivity contribution in [2.45, 2.75) is 81.1 Å². The fourth-order valence-electron chi connectivity index (χ4n) is 9.51. The Labute approximate surface area is 374 Å². The Balaban J connectivity index is 1.44. The van der Waals surface area contributed by atoms with Gasteiger partial charge in [0.1, 0.15) is 17.2 Å². The average Bonchev–Trinajstić information content (AvgIpc) is 3.28. The van der Waals surface area contributed by atoms with E-state index in [2.05, 4.69) is 198 Å². The predicted octanol–water partition coefficient (Wildman–Crippen LogP) is 15.7. The lowest BCUT2D eigenvalue weighted by Gasteiger charge is -2.38. The molecule has 5 nitrogen and oxygen atoms in total. The summed E-state index contributed by atoms with van der Waals surface area (Å²) in [5.74, 6) is 0.452. The topological polar surface area (TPSA) is 50.2 Å². The molecule has 0 bridgehead atoms. The Kier molecular flexibility index (Phi) is 11.5. The van der Waals surface area contributed by atoms with Crippen LogP contribution in [0.3, 0.4) is 0 Å². The summed E-state index contributed by atoms with van der Waals surface area (Å²) in [6.45, 7) is 21.5. The zero-order valence-corrected chi connectivity index (χ0v) is 38.8. The first kappa shape index (κ1) is 42.9. The van der Waals surface area contributed by atoms with Gasteiger partial charge in [0.2, 0.25) is 0 Å². The molecular formula is C58H61N3O2. The van der Waals surface area contributed by atoms with Crippen LogP contribution >= 0.6 is 0 Å². The number of allylic oxidation sites excluding steroid dienone is 4. The van der Waals surface area contributed by atoms with Crippen LogP contribution in [0.4, 0.5) is 39.8 Å². The highest BCUT2D eigenvalue weighted by Crippen LogP contribution is 2.51. The van der Waals surface area contributed by atoms with E-state index in [4.69, 9.17) is 0 Å². The summed E-state index contributed by atoms with van der Waals surface area (Å²) in [4.78, 5) is 6.86. The molecule has 0 saturated heterocycles. The Morgan fingerprint density at radius 3 is 1.87 bits per heavy atom. The Bertz CT molecular complexity index is 2890. The van der Waals surface area contributed by atoms with Gasteiger partial charge in [0.05, 0.1) is 17.1 Å². The number of aryl methyl sites for hydroxylation is 2. The van der Waals surface area contributed by atoms with Crippen molar-refractivity contribution in [3.63, 3.8) is 0 Å². The molecule has 1 unspecified atom stereocenters. The van der Waals surface area contributed by atoms with Crippen LogP contribution in [-0.4, -0.2) is 17.3 Å². The molecule has 8 rings (SSSR count). The summed E-state index contributed by atoms with van der Waals surface area (Å²) in [7, 11) is 1.92. The van der Waals surface area contributed by atoms with Crippen LogP contribution in [0.25, 0.3) is 10.8 Å². The third kappa shape index (κ3) is 7.64. The summed E-state index contributed by atoms with van der Waals surface area (Å²) >= 11 is 0. The second-order valence-electron chi connectivity index (χ2n) is 18.2. The Morgan fingerprint density at radius 1 is 0.556 bits per heavy atom. The third-order valence-corrected chi connectivity index (χ3v) is 13.7. The second-order valence-corrected chi connectivity index (χ2v) is 18.2. The molecule has 0 aromatic heterocycles. The van der Waals surface area contributed by atoms with E-state index in [0.717, 1.165) is 73.7 Å². The van der Waals surface area contributed by atoms with Crippen molar-refractivity contribution in [2.75, 3.05) is 21.7 Å². The van der Waals surface area contributed by atoms with E-state index < -0.39 is 0 Å². The smallest absolute Gasteiger partial charge is 0.146 e. The van der Waals surface area contributed by atoms with E-state index >= 15 is 0 Å². The number of phenolic OH excluding ortho intramolecular Hbond substituents is 2. The van der Waals surface area contributed by atoms with Gasteiger partial charge in [-0.2, -0.15) is 0 Å². The average molecular weight is 832 g/mol. The van der Waals surface area contributed by atoms with Crippen LogP contribution < -0.4 is 14.7 Å². The standard InChI is InChI=1S/C58H61N3O2/c1-36-27-30-47(31-28-36)61(53-38(3)19-17-20-39(53)4)54-43(8)52(33-44-21-15-16-26-50(44)54)60(49-25-18-24-46(34-49)58(9,10)45-22-13-12-14-23-45)51-35-48(32-29-37(51)2)59(11)55-56(62)41(6)40(5)42(7)57(55)63/h12-19,21-35,39,62-63H,20H2,1-11H3. The van der Waals surface area contributed by atoms with Crippen LogP contribution in [0.15, 0.2) is 151 Å². The molecule has 0 saturated carbocycles. The Hall–Kier alpha value is -6.72. The number of nitrogens with zero attached hydrogens (tertiary/aromatic N) is 3. The number of rotatable bonds is 10. The first-order valence-corrected chi connectivity index (χ1v) is 22.2. The van der Waals surface area contributed by atoms with Crippen LogP contribution in [-0.2, 0) is 5.41 Å². The maximum atomic E-state index is 11.6. The fraction of sp³-hybridized carbons (Fsp3) is 0.241. The van der Waals surface area contributed by atoms with Gasteiger partial charge < -0.3 is 24.9 Å². The van der Waals surface area contributed by atoms with Gasteiger partial charge in [0.15, 0.2) is 0 Å². The monoisotopic (exact) mass is 831 g/mol. The molecule has 0 spiro atoms. The van der Waals surface area contributed by atoms with Crippen molar-refractivity contribution in [3.05, 3.63) is 195 Å². The minimum atomic E-state index is -0.281. The van der Waals surface area contributed by atoms with Gasteiger partial charge in [-0.15, -0.1) is 0 Å². The SMILES string of the molecule is CC1=C(N(c2ccc(C)cc2)c2c(C)c(N(c3cccc(C(C)(C)c4ccccc4)c3)c3cc(N(C)c4c(O)c(C)c(C)c(C)c4O)ccc3C)cc3ccccc23)C(C)CC=C1. The largest absolute Gasteiger partial charge is 0.505 e. The number of hydrogen-bond donors (Lipinski definition) is 2. The molecule has 0 radical (unpaired) electrons. The molecule has 63 heavy (non-hydrogen) atoms. The van der Waals surface area contributed by atoms with Crippen molar-refractivity contribution in [1.29, 1.82) is 0 Å². The van der Waals surface area contributed by atoms with Crippen LogP contribution in [0.2, 0.25) is 0 Å². The van der Waals surface area contributed by atoms with Crippen LogP contribution in [0, 0.1) is 47.5 Å². The van der Waals surface area contributed by atoms with Crippen molar-refractivity contribution in [1.82, 2.24) is 0 Å². The number of hydrogen-bond acceptors (Lipinski definition) is 5.